The maximum Gasteiger partial charge on any atom is 0.303 e. The summed E-state index contributed by atoms with van der Waals surface area (Å²) in [7, 11) is 0. The van der Waals surface area contributed by atoms with E-state index in [9.17, 15) is 14.7 Å². The molecule has 0 fully saturated rings. The molecule has 0 saturated carbocycles. The molecule has 5 heterocycles. The third kappa shape index (κ3) is 6.01. The van der Waals surface area contributed by atoms with E-state index in [1.807, 2.05) is 6.07 Å². The lowest BCUT2D eigenvalue weighted by Crippen LogP contribution is -2.23. The standard InChI is InChI=1S/C38H50N4O4/c1-7-9-10-11-14-46-23(6)36-22(5)31-18-30-21(4)26(12-13-35(44)45)37(42-30)28-17-34(43)27-15-24(39-38(27)28)16-32-25(8-2)20(3)29(40-32)19-33(36)41-31/h15,18,21,23,25-26,28,39,41H,7-14,16-17,19H2,1-6H3,(H,44,45)/t21-,23?,25?,26-,28?/m0/s1. The van der Waals surface area contributed by atoms with Crippen molar-refractivity contribution in [3.05, 3.63) is 62.5 Å². The molecule has 2 aromatic heterocycles. The average Bonchev–Trinajstić information content (AvgIpc) is 3.78. The minimum Gasteiger partial charge on any atom is -0.481 e. The Labute approximate surface area is 272 Å². The quantitative estimate of drug-likeness (QED) is 0.217. The Hall–Kier alpha value is -3.52. The maximum atomic E-state index is 13.3. The topological polar surface area (TPSA) is 120 Å². The first kappa shape index (κ1) is 32.4. The number of carboxylic acid groups (broad SMARTS) is 1. The third-order valence-corrected chi connectivity index (χ3v) is 10.9. The molecule has 8 heteroatoms. The smallest absolute Gasteiger partial charge is 0.303 e. The minimum absolute atomic E-state index is 0.0253. The number of fused-ring (bicyclic) bond motifs is 6. The van der Waals surface area contributed by atoms with Crippen LogP contribution in [-0.2, 0) is 22.4 Å². The average molecular weight is 627 g/mol. The van der Waals surface area contributed by atoms with Crippen LogP contribution in [0.4, 0.5) is 0 Å². The summed E-state index contributed by atoms with van der Waals surface area (Å²) < 4.78 is 6.46. The van der Waals surface area contributed by atoms with Crippen LogP contribution in [0.3, 0.4) is 0 Å². The highest BCUT2D eigenvalue weighted by atomic mass is 16.5. The molecule has 6 rings (SSSR count). The number of aromatic amines is 2. The van der Waals surface area contributed by atoms with Gasteiger partial charge in [0.15, 0.2) is 5.78 Å². The van der Waals surface area contributed by atoms with E-state index in [1.165, 1.54) is 30.4 Å². The van der Waals surface area contributed by atoms with Gasteiger partial charge in [-0.05, 0) is 63.3 Å². The number of nitrogens with zero attached hydrogens (tertiary/aromatic N) is 2. The molecule has 0 radical (unpaired) electrons. The number of hydrogen-bond acceptors (Lipinski definition) is 5. The molecular weight excluding hydrogens is 576 g/mol. The Morgan fingerprint density at radius 3 is 2.67 bits per heavy atom. The van der Waals surface area contributed by atoms with Crippen molar-refractivity contribution >= 4 is 29.3 Å². The molecule has 5 atom stereocenters. The van der Waals surface area contributed by atoms with Crippen LogP contribution in [0, 0.1) is 24.7 Å². The molecule has 4 aliphatic rings. The van der Waals surface area contributed by atoms with Crippen molar-refractivity contribution in [3.8, 4) is 0 Å². The number of hydrogen-bond donors (Lipinski definition) is 3. The van der Waals surface area contributed by atoms with E-state index in [0.717, 1.165) is 76.2 Å². The zero-order valence-electron chi connectivity index (χ0n) is 28.4. The minimum atomic E-state index is -0.809. The van der Waals surface area contributed by atoms with Crippen molar-refractivity contribution in [1.29, 1.82) is 0 Å². The summed E-state index contributed by atoms with van der Waals surface area (Å²) in [6.07, 6.45) is 10.0. The second-order valence-electron chi connectivity index (χ2n) is 13.9. The fourth-order valence-electron chi connectivity index (χ4n) is 8.34. The van der Waals surface area contributed by atoms with Gasteiger partial charge in [0.05, 0.1) is 6.10 Å². The number of ketones is 1. The van der Waals surface area contributed by atoms with Gasteiger partial charge in [-0.15, -0.1) is 0 Å². The molecule has 46 heavy (non-hydrogen) atoms. The van der Waals surface area contributed by atoms with Gasteiger partial charge in [0, 0.05) is 113 Å². The molecule has 0 spiro atoms. The number of carbonyl (C=O) groups excluding carboxylic acids is 1. The Balaban J connectivity index is 1.46. The van der Waals surface area contributed by atoms with E-state index >= 15 is 0 Å². The second kappa shape index (κ2) is 13.3. The predicted molar refractivity (Wildman–Crippen MR) is 183 cm³/mol. The van der Waals surface area contributed by atoms with Gasteiger partial charge in [-0.2, -0.15) is 0 Å². The van der Waals surface area contributed by atoms with Crippen LogP contribution < -0.4 is 0 Å². The van der Waals surface area contributed by atoms with Crippen LogP contribution in [0.5, 0.6) is 0 Å². The van der Waals surface area contributed by atoms with Crippen molar-refractivity contribution < 1.29 is 19.4 Å². The number of aliphatic imine (C=N–C) groups is 2. The highest BCUT2D eigenvalue weighted by Crippen LogP contribution is 2.45. The monoisotopic (exact) mass is 626 g/mol. The molecule has 0 saturated heterocycles. The summed E-state index contributed by atoms with van der Waals surface area (Å²) in [5.74, 6) is -0.608. The molecule has 0 aromatic carbocycles. The fraction of sp³-hybridized carbons (Fsp3) is 0.579. The lowest BCUT2D eigenvalue weighted by molar-refractivity contribution is -0.137. The molecule has 246 valence electrons. The summed E-state index contributed by atoms with van der Waals surface area (Å²) >= 11 is 0. The van der Waals surface area contributed by atoms with Crippen LogP contribution >= 0.6 is 0 Å². The summed E-state index contributed by atoms with van der Waals surface area (Å²) in [6.45, 7) is 13.9. The number of aliphatic carboxylic acids is 1. The van der Waals surface area contributed by atoms with Gasteiger partial charge in [0.25, 0.3) is 0 Å². The Kier molecular flexibility index (Phi) is 9.38. The zero-order valence-corrected chi connectivity index (χ0v) is 28.4. The molecule has 8 nitrogen and oxygen atoms in total. The number of nitrogens with one attached hydrogen (secondary N) is 2. The normalized spacial score (nSPS) is 24.4. The van der Waals surface area contributed by atoms with E-state index in [2.05, 4.69) is 57.6 Å². The van der Waals surface area contributed by atoms with E-state index in [-0.39, 0.29) is 42.0 Å². The van der Waals surface area contributed by atoms with Crippen LogP contribution in [0.1, 0.15) is 142 Å². The number of ether oxygens (including phenoxy) is 1. The van der Waals surface area contributed by atoms with Gasteiger partial charge in [-0.25, -0.2) is 0 Å². The first-order valence-electron chi connectivity index (χ1n) is 17.5. The SMILES string of the molecule is CCCCCCOC(C)c1c2[nH]c(c1C)C=C1N=C(C3CC(=O)c4cc([nH]c43)CC3=NC(=C(C)C3CC)C2)[C@@H](CCC(=O)O)[C@@H]1C. The fourth-order valence-corrected chi connectivity index (χ4v) is 8.34. The van der Waals surface area contributed by atoms with E-state index in [4.69, 9.17) is 14.7 Å². The van der Waals surface area contributed by atoms with Gasteiger partial charge in [-0.3, -0.25) is 19.6 Å². The van der Waals surface area contributed by atoms with Crippen molar-refractivity contribution in [2.45, 2.75) is 118 Å². The molecule has 2 aromatic rings. The van der Waals surface area contributed by atoms with Crippen LogP contribution in [0.15, 0.2) is 33.0 Å². The van der Waals surface area contributed by atoms with E-state index < -0.39 is 5.97 Å². The number of Topliss-reactive ketones (excluding diaryl/α,β-unsaturated/α-hetero) is 1. The van der Waals surface area contributed by atoms with Crippen LogP contribution in [-0.4, -0.2) is 44.9 Å². The molecule has 3 N–H and O–H groups in total. The Morgan fingerprint density at radius 1 is 1.13 bits per heavy atom. The van der Waals surface area contributed by atoms with Crippen LogP contribution in [0.25, 0.3) is 6.08 Å². The van der Waals surface area contributed by atoms with Gasteiger partial charge < -0.3 is 19.8 Å². The predicted octanol–water partition coefficient (Wildman–Crippen LogP) is 8.45. The van der Waals surface area contributed by atoms with Crippen molar-refractivity contribution in [3.63, 3.8) is 0 Å². The highest BCUT2D eigenvalue weighted by molar-refractivity contribution is 6.10. The van der Waals surface area contributed by atoms with Gasteiger partial charge in [0.1, 0.15) is 0 Å². The molecule has 0 amide bonds. The number of rotatable bonds is 11. The molecule has 8 bridgehead atoms. The number of H-pyrrole nitrogens is 2. The zero-order chi connectivity index (χ0) is 32.7. The number of carbonyl (C=O) groups is 2. The van der Waals surface area contributed by atoms with E-state index in [0.29, 0.717) is 25.7 Å². The highest BCUT2D eigenvalue weighted by Gasteiger charge is 2.43. The third-order valence-electron chi connectivity index (χ3n) is 10.9. The number of unbranched alkanes of at least 4 members (excludes halogenated alkanes) is 3. The van der Waals surface area contributed by atoms with Crippen molar-refractivity contribution in [2.24, 2.45) is 27.7 Å². The number of carboxylic acids is 1. The van der Waals surface area contributed by atoms with E-state index in [1.54, 1.807) is 0 Å². The first-order valence-corrected chi connectivity index (χ1v) is 17.5. The number of aromatic nitrogens is 2. The summed E-state index contributed by atoms with van der Waals surface area (Å²) in [5.41, 5.74) is 12.6. The Morgan fingerprint density at radius 2 is 1.93 bits per heavy atom. The van der Waals surface area contributed by atoms with Crippen molar-refractivity contribution in [1.82, 2.24) is 9.97 Å². The second-order valence-corrected chi connectivity index (χ2v) is 13.9. The maximum absolute atomic E-state index is 13.3. The summed E-state index contributed by atoms with van der Waals surface area (Å²) in [4.78, 5) is 43.0. The molecule has 1 aliphatic carbocycles. The molecule has 3 unspecified atom stereocenters. The van der Waals surface area contributed by atoms with Crippen LogP contribution in [0.2, 0.25) is 0 Å². The molecular formula is C38H50N4O4. The van der Waals surface area contributed by atoms with Gasteiger partial charge in [0.2, 0.25) is 0 Å². The largest absolute Gasteiger partial charge is 0.481 e. The van der Waals surface area contributed by atoms with Crippen molar-refractivity contribution in [2.75, 3.05) is 6.61 Å². The Bertz CT molecular complexity index is 1650. The van der Waals surface area contributed by atoms with Gasteiger partial charge >= 0.3 is 5.97 Å². The lowest BCUT2D eigenvalue weighted by Gasteiger charge is -2.21. The number of allylic oxidation sites excluding steroid dienone is 3. The lowest BCUT2D eigenvalue weighted by atomic mass is 9.81. The summed E-state index contributed by atoms with van der Waals surface area (Å²) in [6, 6.07) is 2.03. The molecule has 3 aliphatic heterocycles. The van der Waals surface area contributed by atoms with Gasteiger partial charge in [-0.1, -0.05) is 40.0 Å². The summed E-state index contributed by atoms with van der Waals surface area (Å²) in [5, 5.41) is 9.60. The first-order chi connectivity index (χ1) is 22.1.